The molecule has 2 aromatic heterocycles. The van der Waals surface area contributed by atoms with Gasteiger partial charge in [-0.2, -0.15) is 5.26 Å². The summed E-state index contributed by atoms with van der Waals surface area (Å²) < 4.78 is 16.4. The van der Waals surface area contributed by atoms with Crippen molar-refractivity contribution in [3.05, 3.63) is 81.5 Å². The van der Waals surface area contributed by atoms with E-state index in [2.05, 4.69) is 11.1 Å². The van der Waals surface area contributed by atoms with E-state index in [0.29, 0.717) is 28.9 Å². The summed E-state index contributed by atoms with van der Waals surface area (Å²) in [6.45, 7) is 1.95. The maximum Gasteiger partial charge on any atom is 0.263 e. The van der Waals surface area contributed by atoms with Crippen molar-refractivity contribution in [3.63, 3.8) is 0 Å². The number of fused-ring (bicyclic) bond motifs is 3. The lowest BCUT2D eigenvalue weighted by Gasteiger charge is -2.13. The van der Waals surface area contributed by atoms with E-state index in [4.69, 9.17) is 0 Å². The van der Waals surface area contributed by atoms with Crippen molar-refractivity contribution < 1.29 is 4.39 Å². The number of aromatic nitrogens is 3. The van der Waals surface area contributed by atoms with E-state index in [1.807, 2.05) is 24.3 Å². The SMILES string of the molecule is Cc1c(C#N)n(Cc2ccc(F)cc2)c2nc3ccccc3n2c1=O. The number of imidazole rings is 1. The lowest BCUT2D eigenvalue weighted by atomic mass is 10.2. The number of nitrogens with zero attached hydrogens (tertiary/aromatic N) is 4. The first kappa shape index (κ1) is 15.1. The lowest BCUT2D eigenvalue weighted by molar-refractivity contribution is 0.626. The zero-order valence-electron chi connectivity index (χ0n) is 13.4. The molecule has 0 saturated heterocycles. The van der Waals surface area contributed by atoms with Gasteiger partial charge in [-0.15, -0.1) is 0 Å². The molecule has 0 saturated carbocycles. The van der Waals surface area contributed by atoms with Gasteiger partial charge in [0.05, 0.1) is 17.6 Å². The Morgan fingerprint density at radius 1 is 1.16 bits per heavy atom. The van der Waals surface area contributed by atoms with E-state index in [-0.39, 0.29) is 17.1 Å². The number of para-hydroxylation sites is 2. The molecule has 0 aliphatic heterocycles. The first-order valence-electron chi connectivity index (χ1n) is 7.75. The average Bonchev–Trinajstić information content (AvgIpc) is 3.01. The topological polar surface area (TPSA) is 63.1 Å². The predicted octanol–water partition coefficient (Wildman–Crippen LogP) is 3.02. The van der Waals surface area contributed by atoms with Crippen LogP contribution in [-0.2, 0) is 6.54 Å². The number of hydrogen-bond acceptors (Lipinski definition) is 3. The standard InChI is InChI=1S/C19H13FN4O/c1-12-17(10-21)23(11-13-6-8-14(20)9-7-13)19-22-15-4-2-3-5-16(15)24(19)18(12)25/h2-9H,11H2,1H3. The third kappa shape index (κ3) is 2.29. The fourth-order valence-electron chi connectivity index (χ4n) is 3.03. The summed E-state index contributed by atoms with van der Waals surface area (Å²) in [5.74, 6) is 0.0784. The number of halogens is 1. The molecule has 0 aliphatic rings. The number of hydrogen-bond donors (Lipinski definition) is 0. The molecule has 2 heterocycles. The highest BCUT2D eigenvalue weighted by molar-refractivity contribution is 5.79. The second-order valence-corrected chi connectivity index (χ2v) is 5.84. The normalized spacial score (nSPS) is 11.1. The van der Waals surface area contributed by atoms with E-state index in [9.17, 15) is 14.4 Å². The van der Waals surface area contributed by atoms with Crippen LogP contribution in [0.5, 0.6) is 0 Å². The zero-order valence-corrected chi connectivity index (χ0v) is 13.4. The Kier molecular flexibility index (Phi) is 3.36. The first-order valence-corrected chi connectivity index (χ1v) is 7.75. The van der Waals surface area contributed by atoms with Crippen molar-refractivity contribution in [2.24, 2.45) is 0 Å². The highest BCUT2D eigenvalue weighted by Gasteiger charge is 2.18. The quantitative estimate of drug-likeness (QED) is 0.567. The van der Waals surface area contributed by atoms with Gasteiger partial charge in [-0.1, -0.05) is 24.3 Å². The fraction of sp³-hybridized carbons (Fsp3) is 0.105. The smallest absolute Gasteiger partial charge is 0.263 e. The van der Waals surface area contributed by atoms with Crippen LogP contribution in [0.1, 0.15) is 16.8 Å². The maximum atomic E-state index is 13.2. The summed E-state index contributed by atoms with van der Waals surface area (Å²) in [6, 6.07) is 15.5. The van der Waals surface area contributed by atoms with Crippen LogP contribution in [0, 0.1) is 24.1 Å². The van der Waals surface area contributed by atoms with E-state index in [1.165, 1.54) is 16.5 Å². The molecule has 25 heavy (non-hydrogen) atoms. The molecule has 0 aliphatic carbocycles. The number of benzene rings is 2. The van der Waals surface area contributed by atoms with Crippen LogP contribution >= 0.6 is 0 Å². The maximum absolute atomic E-state index is 13.2. The van der Waals surface area contributed by atoms with Gasteiger partial charge < -0.3 is 0 Å². The molecule has 4 rings (SSSR count). The molecule has 6 heteroatoms. The molecule has 0 atom stereocenters. The van der Waals surface area contributed by atoms with Crippen LogP contribution in [0.25, 0.3) is 16.8 Å². The Bertz CT molecular complexity index is 1210. The minimum Gasteiger partial charge on any atom is -0.298 e. The molecule has 5 nitrogen and oxygen atoms in total. The summed E-state index contributed by atoms with van der Waals surface area (Å²) in [7, 11) is 0. The van der Waals surface area contributed by atoms with Gasteiger partial charge in [0.15, 0.2) is 0 Å². The molecular weight excluding hydrogens is 319 g/mol. The van der Waals surface area contributed by atoms with E-state index in [1.54, 1.807) is 23.6 Å². The summed E-state index contributed by atoms with van der Waals surface area (Å²) in [5, 5.41) is 9.57. The van der Waals surface area contributed by atoms with Gasteiger partial charge in [-0.25, -0.2) is 13.8 Å². The molecule has 0 bridgehead atoms. The molecule has 2 aromatic carbocycles. The Labute approximate surface area is 142 Å². The van der Waals surface area contributed by atoms with Crippen molar-refractivity contribution >= 4 is 16.8 Å². The molecule has 0 spiro atoms. The molecule has 0 N–H and O–H groups in total. The Hall–Kier alpha value is -3.46. The van der Waals surface area contributed by atoms with Crippen LogP contribution < -0.4 is 5.56 Å². The van der Waals surface area contributed by atoms with Gasteiger partial charge in [-0.05, 0) is 36.8 Å². The van der Waals surface area contributed by atoms with Crippen molar-refractivity contribution in [2.75, 3.05) is 0 Å². The van der Waals surface area contributed by atoms with Gasteiger partial charge in [0.25, 0.3) is 5.56 Å². The summed E-state index contributed by atoms with van der Waals surface area (Å²) in [4.78, 5) is 17.3. The highest BCUT2D eigenvalue weighted by Crippen LogP contribution is 2.18. The van der Waals surface area contributed by atoms with Crippen molar-refractivity contribution in [1.82, 2.24) is 14.0 Å². The van der Waals surface area contributed by atoms with Crippen LogP contribution in [0.3, 0.4) is 0 Å². The van der Waals surface area contributed by atoms with Crippen molar-refractivity contribution in [2.45, 2.75) is 13.5 Å². The van der Waals surface area contributed by atoms with E-state index in [0.717, 1.165) is 5.56 Å². The van der Waals surface area contributed by atoms with Gasteiger partial charge in [0.1, 0.15) is 17.6 Å². The minimum absolute atomic E-state index is 0.254. The van der Waals surface area contributed by atoms with Crippen LogP contribution in [-0.4, -0.2) is 14.0 Å². The second-order valence-electron chi connectivity index (χ2n) is 5.84. The van der Waals surface area contributed by atoms with Gasteiger partial charge in [0.2, 0.25) is 5.78 Å². The summed E-state index contributed by atoms with van der Waals surface area (Å²) in [6.07, 6.45) is 0. The predicted molar refractivity (Wildman–Crippen MR) is 91.9 cm³/mol. The Morgan fingerprint density at radius 3 is 2.60 bits per heavy atom. The minimum atomic E-state index is -0.322. The molecule has 0 fully saturated rings. The molecule has 0 amide bonds. The Balaban J connectivity index is 2.07. The van der Waals surface area contributed by atoms with E-state index < -0.39 is 0 Å². The fourth-order valence-corrected chi connectivity index (χ4v) is 3.03. The largest absolute Gasteiger partial charge is 0.298 e. The third-order valence-electron chi connectivity index (χ3n) is 4.29. The van der Waals surface area contributed by atoms with Gasteiger partial charge >= 0.3 is 0 Å². The highest BCUT2D eigenvalue weighted by atomic mass is 19.1. The third-order valence-corrected chi connectivity index (χ3v) is 4.29. The zero-order chi connectivity index (χ0) is 17.6. The van der Waals surface area contributed by atoms with Crippen molar-refractivity contribution in [3.8, 4) is 6.07 Å². The summed E-state index contributed by atoms with van der Waals surface area (Å²) >= 11 is 0. The average molecular weight is 332 g/mol. The molecule has 0 radical (unpaired) electrons. The number of rotatable bonds is 2. The van der Waals surface area contributed by atoms with Gasteiger partial charge in [-0.3, -0.25) is 9.36 Å². The first-order chi connectivity index (χ1) is 12.1. The van der Waals surface area contributed by atoms with Crippen molar-refractivity contribution in [1.29, 1.82) is 5.26 Å². The summed E-state index contributed by atoms with van der Waals surface area (Å²) in [5.41, 5.74) is 2.56. The van der Waals surface area contributed by atoms with Crippen LogP contribution in [0.15, 0.2) is 53.3 Å². The molecular formula is C19H13FN4O. The van der Waals surface area contributed by atoms with Gasteiger partial charge in [0, 0.05) is 5.56 Å². The monoisotopic (exact) mass is 332 g/mol. The molecule has 4 aromatic rings. The number of nitriles is 1. The second kappa shape index (κ2) is 5.56. The Morgan fingerprint density at radius 2 is 1.88 bits per heavy atom. The molecule has 0 unspecified atom stereocenters. The van der Waals surface area contributed by atoms with Crippen LogP contribution in [0.4, 0.5) is 4.39 Å². The van der Waals surface area contributed by atoms with E-state index >= 15 is 0 Å². The van der Waals surface area contributed by atoms with Crippen LogP contribution in [0.2, 0.25) is 0 Å². The molecule has 122 valence electrons. The lowest BCUT2D eigenvalue weighted by Crippen LogP contribution is -2.24.